The molecule has 2 aromatic rings. The summed E-state index contributed by atoms with van der Waals surface area (Å²) in [4.78, 5) is 0. The molecule has 2 rings (SSSR count). The zero-order chi connectivity index (χ0) is 14.7. The fourth-order valence-electron chi connectivity index (χ4n) is 2.31. The van der Waals surface area contributed by atoms with Crippen LogP contribution < -0.4 is 11.3 Å². The average Bonchev–Trinajstić information content (AvgIpc) is 2.72. The third-order valence-corrected chi connectivity index (χ3v) is 3.62. The van der Waals surface area contributed by atoms with Crippen LogP contribution in [0.4, 0.5) is 0 Å². The lowest BCUT2D eigenvalue weighted by Crippen LogP contribution is -2.31. The van der Waals surface area contributed by atoms with Gasteiger partial charge in [-0.15, -0.1) is 0 Å². The minimum absolute atomic E-state index is 0.242. The van der Waals surface area contributed by atoms with Crippen LogP contribution in [-0.4, -0.2) is 9.78 Å². The molecule has 0 spiro atoms. The third-order valence-electron chi connectivity index (χ3n) is 3.11. The summed E-state index contributed by atoms with van der Waals surface area (Å²) in [5, 5.41) is 5.58. The van der Waals surface area contributed by atoms with E-state index < -0.39 is 0 Å². The van der Waals surface area contributed by atoms with E-state index in [1.54, 1.807) is 6.20 Å². The number of halogens is 2. The Morgan fingerprint density at radius 3 is 2.70 bits per heavy atom. The van der Waals surface area contributed by atoms with Crippen LogP contribution in [0.25, 0.3) is 0 Å². The van der Waals surface area contributed by atoms with Crippen LogP contribution in [0.3, 0.4) is 0 Å². The molecule has 0 aliphatic heterocycles. The van der Waals surface area contributed by atoms with Crippen molar-refractivity contribution in [2.45, 2.75) is 32.9 Å². The number of hydrogen-bond acceptors (Lipinski definition) is 3. The van der Waals surface area contributed by atoms with E-state index in [9.17, 15) is 0 Å². The zero-order valence-corrected chi connectivity index (χ0v) is 13.0. The molecule has 0 bridgehead atoms. The first-order chi connectivity index (χ1) is 9.56. The summed E-state index contributed by atoms with van der Waals surface area (Å²) in [6.07, 6.45) is 2.62. The monoisotopic (exact) mass is 312 g/mol. The van der Waals surface area contributed by atoms with Crippen molar-refractivity contribution in [3.05, 3.63) is 51.3 Å². The Labute approximate surface area is 128 Å². The van der Waals surface area contributed by atoms with Crippen LogP contribution in [-0.2, 0) is 6.54 Å². The fourth-order valence-corrected chi connectivity index (χ4v) is 2.86. The summed E-state index contributed by atoms with van der Waals surface area (Å²) < 4.78 is 1.88. The maximum atomic E-state index is 6.27. The maximum absolute atomic E-state index is 6.27. The van der Waals surface area contributed by atoms with Gasteiger partial charge in [0.1, 0.15) is 0 Å². The van der Waals surface area contributed by atoms with Crippen LogP contribution in [0.15, 0.2) is 24.4 Å². The van der Waals surface area contributed by atoms with Crippen LogP contribution >= 0.6 is 23.2 Å². The van der Waals surface area contributed by atoms with Crippen LogP contribution in [0, 0.1) is 6.92 Å². The smallest absolute Gasteiger partial charge is 0.0894 e. The molecule has 1 unspecified atom stereocenters. The first kappa shape index (κ1) is 15.3. The minimum atomic E-state index is -0.242. The first-order valence-electron chi connectivity index (χ1n) is 6.51. The number of hydrazine groups is 1. The Morgan fingerprint density at radius 1 is 1.35 bits per heavy atom. The van der Waals surface area contributed by atoms with Gasteiger partial charge in [-0.2, -0.15) is 5.10 Å². The molecule has 0 radical (unpaired) electrons. The molecule has 1 heterocycles. The Balaban J connectivity index is 2.49. The number of nitrogens with two attached hydrogens (primary N) is 1. The van der Waals surface area contributed by atoms with Crippen molar-refractivity contribution in [3.63, 3.8) is 0 Å². The van der Waals surface area contributed by atoms with E-state index in [4.69, 9.17) is 29.0 Å². The fraction of sp³-hybridized carbons (Fsp3) is 0.357. The Morgan fingerprint density at radius 2 is 2.10 bits per heavy atom. The molecule has 1 aromatic heterocycles. The zero-order valence-electron chi connectivity index (χ0n) is 11.5. The predicted octanol–water partition coefficient (Wildman–Crippen LogP) is 3.46. The molecule has 6 heteroatoms. The molecule has 20 heavy (non-hydrogen) atoms. The third kappa shape index (κ3) is 3.15. The van der Waals surface area contributed by atoms with E-state index in [1.807, 2.05) is 29.8 Å². The number of aryl methyl sites for hydroxylation is 2. The van der Waals surface area contributed by atoms with Gasteiger partial charge >= 0.3 is 0 Å². The van der Waals surface area contributed by atoms with Crippen molar-refractivity contribution in [3.8, 4) is 0 Å². The van der Waals surface area contributed by atoms with Crippen LogP contribution in [0.1, 0.15) is 36.2 Å². The minimum Gasteiger partial charge on any atom is -0.271 e. The Bertz CT molecular complexity index is 575. The summed E-state index contributed by atoms with van der Waals surface area (Å²) in [6.45, 7) is 4.88. The van der Waals surface area contributed by atoms with Gasteiger partial charge < -0.3 is 0 Å². The summed E-state index contributed by atoms with van der Waals surface area (Å²) >= 11 is 12.4. The largest absolute Gasteiger partial charge is 0.271 e. The highest BCUT2D eigenvalue weighted by Gasteiger charge is 2.21. The molecule has 0 aliphatic carbocycles. The normalized spacial score (nSPS) is 12.7. The highest BCUT2D eigenvalue weighted by Crippen LogP contribution is 2.30. The lowest BCUT2D eigenvalue weighted by Gasteiger charge is -2.19. The summed E-state index contributed by atoms with van der Waals surface area (Å²) in [5.74, 6) is 5.74. The Kier molecular flexibility index (Phi) is 5.05. The molecular weight excluding hydrogens is 295 g/mol. The van der Waals surface area contributed by atoms with E-state index in [0.717, 1.165) is 29.8 Å². The number of benzene rings is 1. The van der Waals surface area contributed by atoms with Gasteiger partial charge in [0, 0.05) is 11.6 Å². The molecule has 3 N–H and O–H groups in total. The quantitative estimate of drug-likeness (QED) is 0.656. The second-order valence-corrected chi connectivity index (χ2v) is 5.61. The van der Waals surface area contributed by atoms with E-state index in [-0.39, 0.29) is 6.04 Å². The molecule has 0 amide bonds. The summed E-state index contributed by atoms with van der Waals surface area (Å²) in [7, 11) is 0. The molecule has 1 atom stereocenters. The second-order valence-electron chi connectivity index (χ2n) is 4.76. The van der Waals surface area contributed by atoms with Crippen molar-refractivity contribution < 1.29 is 0 Å². The molecule has 0 aliphatic rings. The van der Waals surface area contributed by atoms with Crippen LogP contribution in [0.2, 0.25) is 10.0 Å². The van der Waals surface area contributed by atoms with Crippen molar-refractivity contribution in [2.75, 3.05) is 0 Å². The molecule has 4 nitrogen and oxygen atoms in total. The van der Waals surface area contributed by atoms with E-state index in [1.165, 1.54) is 0 Å². The molecule has 0 saturated heterocycles. The molecule has 1 aromatic carbocycles. The number of nitrogens with zero attached hydrogens (tertiary/aromatic N) is 2. The number of nitrogens with one attached hydrogen (secondary N) is 1. The first-order valence-corrected chi connectivity index (χ1v) is 7.26. The van der Waals surface area contributed by atoms with Crippen molar-refractivity contribution >= 4 is 23.2 Å². The van der Waals surface area contributed by atoms with Gasteiger partial charge in [0.25, 0.3) is 0 Å². The van der Waals surface area contributed by atoms with Crippen molar-refractivity contribution in [1.29, 1.82) is 0 Å². The highest BCUT2D eigenvalue weighted by molar-refractivity contribution is 6.31. The standard InChI is InChI=1S/C14H18Cl2N4/c1-3-4-20-14(12(16)8-18-20)13(19-17)10-5-9(2)6-11(15)7-10/h5-8,13,19H,3-4,17H2,1-2H3. The van der Waals surface area contributed by atoms with Crippen LogP contribution in [0.5, 0.6) is 0 Å². The van der Waals surface area contributed by atoms with Gasteiger partial charge in [-0.05, 0) is 36.6 Å². The molecule has 0 fully saturated rings. The van der Waals surface area contributed by atoms with Gasteiger partial charge in [0.15, 0.2) is 0 Å². The summed E-state index contributed by atoms with van der Waals surface area (Å²) in [5.41, 5.74) is 5.71. The van der Waals surface area contributed by atoms with E-state index >= 15 is 0 Å². The SMILES string of the molecule is CCCn1ncc(Cl)c1C(NN)c1cc(C)cc(Cl)c1. The average molecular weight is 313 g/mol. The van der Waals surface area contributed by atoms with E-state index in [0.29, 0.717) is 10.0 Å². The van der Waals surface area contributed by atoms with Gasteiger partial charge in [0.2, 0.25) is 0 Å². The van der Waals surface area contributed by atoms with Crippen molar-refractivity contribution in [1.82, 2.24) is 15.2 Å². The summed E-state index contributed by atoms with van der Waals surface area (Å²) in [6, 6.07) is 5.59. The van der Waals surface area contributed by atoms with Gasteiger partial charge in [-0.25, -0.2) is 5.43 Å². The lowest BCUT2D eigenvalue weighted by molar-refractivity contribution is 0.521. The number of aromatic nitrogens is 2. The maximum Gasteiger partial charge on any atom is 0.0894 e. The highest BCUT2D eigenvalue weighted by atomic mass is 35.5. The molecular formula is C14H18Cl2N4. The number of rotatable bonds is 5. The number of hydrogen-bond donors (Lipinski definition) is 2. The second kappa shape index (κ2) is 6.59. The molecule has 108 valence electrons. The van der Waals surface area contributed by atoms with Gasteiger partial charge in [0.05, 0.1) is 23.0 Å². The van der Waals surface area contributed by atoms with Gasteiger partial charge in [-0.3, -0.25) is 10.5 Å². The topological polar surface area (TPSA) is 55.9 Å². The Hall–Kier alpha value is -1.07. The van der Waals surface area contributed by atoms with Crippen molar-refractivity contribution in [2.24, 2.45) is 5.84 Å². The molecule has 0 saturated carbocycles. The lowest BCUT2D eigenvalue weighted by atomic mass is 10.0. The van der Waals surface area contributed by atoms with E-state index in [2.05, 4.69) is 17.4 Å². The predicted molar refractivity (Wildman–Crippen MR) is 82.9 cm³/mol. The van der Waals surface area contributed by atoms with Gasteiger partial charge in [-0.1, -0.05) is 36.2 Å².